The number of fused-ring (bicyclic) bond motifs is 1. The van der Waals surface area contributed by atoms with E-state index in [9.17, 15) is 9.59 Å². The number of ether oxygens (including phenoxy) is 1. The highest BCUT2D eigenvalue weighted by Crippen LogP contribution is 2.33. The van der Waals surface area contributed by atoms with Gasteiger partial charge >= 0.3 is 5.97 Å². The molecular weight excluding hydrogens is 254 g/mol. The van der Waals surface area contributed by atoms with Gasteiger partial charge in [0.2, 0.25) is 5.91 Å². The van der Waals surface area contributed by atoms with E-state index in [4.69, 9.17) is 4.74 Å². The zero-order chi connectivity index (χ0) is 13.9. The molecule has 3 rings (SSSR count). The first-order valence-electron chi connectivity index (χ1n) is 7.26. The Morgan fingerprint density at radius 2 is 2.05 bits per heavy atom. The van der Waals surface area contributed by atoms with E-state index in [1.54, 1.807) is 0 Å². The highest BCUT2D eigenvalue weighted by atomic mass is 16.5. The van der Waals surface area contributed by atoms with Gasteiger partial charge in [-0.05, 0) is 24.8 Å². The molecule has 106 valence electrons. The minimum absolute atomic E-state index is 0.0690. The van der Waals surface area contributed by atoms with Crippen molar-refractivity contribution in [2.75, 3.05) is 6.54 Å². The van der Waals surface area contributed by atoms with E-state index in [2.05, 4.69) is 0 Å². The largest absolute Gasteiger partial charge is 0.461 e. The van der Waals surface area contributed by atoms with E-state index in [0.717, 1.165) is 31.4 Å². The lowest BCUT2D eigenvalue weighted by molar-refractivity contribution is -0.154. The van der Waals surface area contributed by atoms with Crippen LogP contribution in [0.5, 0.6) is 0 Å². The molecule has 1 aromatic rings. The second-order valence-electron chi connectivity index (χ2n) is 5.54. The Kier molecular flexibility index (Phi) is 3.72. The second kappa shape index (κ2) is 5.65. The molecule has 2 aliphatic heterocycles. The van der Waals surface area contributed by atoms with E-state index in [1.807, 2.05) is 35.2 Å². The van der Waals surface area contributed by atoms with Gasteiger partial charge in [0.25, 0.3) is 0 Å². The van der Waals surface area contributed by atoms with Gasteiger partial charge in [0, 0.05) is 19.0 Å². The van der Waals surface area contributed by atoms with E-state index >= 15 is 0 Å². The van der Waals surface area contributed by atoms with Crippen molar-refractivity contribution >= 4 is 11.9 Å². The fraction of sp³-hybridized carbons (Fsp3) is 0.500. The van der Waals surface area contributed by atoms with Gasteiger partial charge in [0.15, 0.2) is 0 Å². The molecule has 4 heteroatoms. The van der Waals surface area contributed by atoms with E-state index in [-0.39, 0.29) is 23.8 Å². The van der Waals surface area contributed by atoms with E-state index in [0.29, 0.717) is 13.0 Å². The van der Waals surface area contributed by atoms with Crippen molar-refractivity contribution in [3.8, 4) is 0 Å². The van der Waals surface area contributed by atoms with Crippen LogP contribution in [0.3, 0.4) is 0 Å². The molecule has 1 aromatic carbocycles. The molecule has 1 unspecified atom stereocenters. The summed E-state index contributed by atoms with van der Waals surface area (Å²) in [5.41, 5.74) is 0.996. The van der Waals surface area contributed by atoms with Crippen LogP contribution in [-0.4, -0.2) is 29.4 Å². The van der Waals surface area contributed by atoms with Gasteiger partial charge in [-0.15, -0.1) is 0 Å². The SMILES string of the molecule is O=C(OCc1ccccc1)[C@H]1CCCN2C(=O)CCC12. The molecule has 2 aliphatic rings. The molecule has 0 saturated carbocycles. The number of carbonyl (C=O) groups is 2. The maximum absolute atomic E-state index is 12.3. The van der Waals surface area contributed by atoms with Crippen LogP contribution in [0, 0.1) is 5.92 Å². The highest BCUT2D eigenvalue weighted by Gasteiger charge is 2.42. The fourth-order valence-corrected chi connectivity index (χ4v) is 3.25. The summed E-state index contributed by atoms with van der Waals surface area (Å²) in [6.45, 7) is 1.11. The molecule has 2 heterocycles. The molecule has 0 aromatic heterocycles. The van der Waals surface area contributed by atoms with Crippen molar-refractivity contribution < 1.29 is 14.3 Å². The summed E-state index contributed by atoms with van der Waals surface area (Å²) in [5, 5.41) is 0. The third kappa shape index (κ3) is 2.55. The van der Waals surface area contributed by atoms with E-state index < -0.39 is 0 Å². The minimum Gasteiger partial charge on any atom is -0.461 e. The summed E-state index contributed by atoms with van der Waals surface area (Å²) < 4.78 is 5.43. The zero-order valence-electron chi connectivity index (χ0n) is 11.5. The Hall–Kier alpha value is -1.84. The minimum atomic E-state index is -0.154. The van der Waals surface area contributed by atoms with E-state index in [1.165, 1.54) is 0 Å². The summed E-state index contributed by atoms with van der Waals surface area (Å²) in [4.78, 5) is 25.9. The average molecular weight is 273 g/mol. The van der Waals surface area contributed by atoms with Crippen LogP contribution >= 0.6 is 0 Å². The summed E-state index contributed by atoms with van der Waals surface area (Å²) in [6, 6.07) is 9.76. The van der Waals surface area contributed by atoms with Crippen LogP contribution in [0.1, 0.15) is 31.2 Å². The second-order valence-corrected chi connectivity index (χ2v) is 5.54. The first-order valence-corrected chi connectivity index (χ1v) is 7.26. The zero-order valence-corrected chi connectivity index (χ0v) is 11.5. The Balaban J connectivity index is 1.61. The number of rotatable bonds is 3. The van der Waals surface area contributed by atoms with Crippen LogP contribution < -0.4 is 0 Å². The number of nitrogens with zero attached hydrogens (tertiary/aromatic N) is 1. The van der Waals surface area contributed by atoms with Crippen molar-refractivity contribution in [1.29, 1.82) is 0 Å². The van der Waals surface area contributed by atoms with Crippen molar-refractivity contribution in [1.82, 2.24) is 4.90 Å². The van der Waals surface area contributed by atoms with Crippen LogP contribution in [0.2, 0.25) is 0 Å². The average Bonchev–Trinajstić information content (AvgIpc) is 2.87. The molecule has 20 heavy (non-hydrogen) atoms. The number of amides is 1. The molecule has 1 amide bonds. The quantitative estimate of drug-likeness (QED) is 0.793. The van der Waals surface area contributed by atoms with Crippen molar-refractivity contribution in [3.05, 3.63) is 35.9 Å². The van der Waals surface area contributed by atoms with Crippen molar-refractivity contribution in [3.63, 3.8) is 0 Å². The smallest absolute Gasteiger partial charge is 0.311 e. The third-order valence-electron chi connectivity index (χ3n) is 4.28. The van der Waals surface area contributed by atoms with Gasteiger partial charge in [0.05, 0.1) is 5.92 Å². The molecule has 2 saturated heterocycles. The lowest BCUT2D eigenvalue weighted by Gasteiger charge is -2.35. The molecular formula is C16H19NO3. The van der Waals surface area contributed by atoms with Crippen LogP contribution in [0.25, 0.3) is 0 Å². The Bertz CT molecular complexity index is 500. The van der Waals surface area contributed by atoms with Gasteiger partial charge in [-0.3, -0.25) is 9.59 Å². The number of esters is 1. The van der Waals surface area contributed by atoms with Crippen LogP contribution in [0.15, 0.2) is 30.3 Å². The van der Waals surface area contributed by atoms with Crippen LogP contribution in [-0.2, 0) is 20.9 Å². The molecule has 0 bridgehead atoms. The topological polar surface area (TPSA) is 46.6 Å². The standard InChI is InChI=1S/C16H19NO3/c18-15-9-8-14-13(7-4-10-17(14)15)16(19)20-11-12-5-2-1-3-6-12/h1-3,5-6,13-14H,4,7-11H2/t13-,14?/m0/s1. The summed E-state index contributed by atoms with van der Waals surface area (Å²) in [6.07, 6.45) is 3.10. The predicted molar refractivity (Wildman–Crippen MR) is 73.7 cm³/mol. The molecule has 0 N–H and O–H groups in total. The summed E-state index contributed by atoms with van der Waals surface area (Å²) in [7, 11) is 0. The Morgan fingerprint density at radius 1 is 1.25 bits per heavy atom. The third-order valence-corrected chi connectivity index (χ3v) is 4.28. The predicted octanol–water partition coefficient (Wildman–Crippen LogP) is 2.13. The fourth-order valence-electron chi connectivity index (χ4n) is 3.25. The maximum Gasteiger partial charge on any atom is 0.311 e. The molecule has 0 aliphatic carbocycles. The molecule has 2 fully saturated rings. The number of hydrogen-bond acceptors (Lipinski definition) is 3. The highest BCUT2D eigenvalue weighted by molar-refractivity contribution is 5.81. The van der Waals surface area contributed by atoms with Crippen LogP contribution in [0.4, 0.5) is 0 Å². The number of hydrogen-bond donors (Lipinski definition) is 0. The van der Waals surface area contributed by atoms with Gasteiger partial charge in [-0.2, -0.15) is 0 Å². The number of carbonyl (C=O) groups excluding carboxylic acids is 2. The van der Waals surface area contributed by atoms with Crippen molar-refractivity contribution in [2.45, 2.75) is 38.3 Å². The first kappa shape index (κ1) is 13.2. The number of benzene rings is 1. The molecule has 4 nitrogen and oxygen atoms in total. The summed E-state index contributed by atoms with van der Waals surface area (Å²) in [5.74, 6) is -0.104. The molecule has 0 radical (unpaired) electrons. The lowest BCUT2D eigenvalue weighted by Crippen LogP contribution is -2.46. The van der Waals surface area contributed by atoms with Gasteiger partial charge in [-0.1, -0.05) is 30.3 Å². The molecule has 2 atom stereocenters. The maximum atomic E-state index is 12.3. The van der Waals surface area contributed by atoms with Gasteiger partial charge in [0.1, 0.15) is 6.61 Å². The first-order chi connectivity index (χ1) is 9.75. The van der Waals surface area contributed by atoms with Gasteiger partial charge in [-0.25, -0.2) is 0 Å². The molecule has 0 spiro atoms. The summed E-state index contributed by atoms with van der Waals surface area (Å²) >= 11 is 0. The number of piperidine rings is 1. The lowest BCUT2D eigenvalue weighted by atomic mass is 9.89. The Labute approximate surface area is 118 Å². The van der Waals surface area contributed by atoms with Gasteiger partial charge < -0.3 is 9.64 Å². The normalized spacial score (nSPS) is 25.4. The van der Waals surface area contributed by atoms with Crippen molar-refractivity contribution in [2.24, 2.45) is 5.92 Å². The Morgan fingerprint density at radius 3 is 2.85 bits per heavy atom. The monoisotopic (exact) mass is 273 g/mol.